The van der Waals surface area contributed by atoms with Crippen LogP contribution < -0.4 is 5.32 Å². The number of pyridine rings is 1. The second-order valence-corrected chi connectivity index (χ2v) is 7.32. The van der Waals surface area contributed by atoms with Crippen LogP contribution in [-0.2, 0) is 11.3 Å². The summed E-state index contributed by atoms with van der Waals surface area (Å²) in [5, 5.41) is 12.5. The molecule has 2 heterocycles. The third-order valence-electron chi connectivity index (χ3n) is 4.73. The van der Waals surface area contributed by atoms with E-state index >= 15 is 0 Å². The number of alkyl carbamates (subject to hydrolysis) is 1. The van der Waals surface area contributed by atoms with E-state index in [0.29, 0.717) is 23.7 Å². The number of carboxylic acid groups (broad SMARTS) is 1. The highest BCUT2D eigenvalue weighted by molar-refractivity contribution is 6.30. The molecule has 0 saturated carbocycles. The number of likely N-dealkylation sites (tertiary alicyclic amines) is 1. The number of amides is 2. The van der Waals surface area contributed by atoms with E-state index in [1.807, 2.05) is 49.4 Å². The smallest absolute Gasteiger partial charge is 0.408 e. The number of hydrogen-bond donors (Lipinski definition) is 2. The molecule has 0 radical (unpaired) electrons. The van der Waals surface area contributed by atoms with Gasteiger partial charge in [0.05, 0.1) is 12.1 Å². The van der Waals surface area contributed by atoms with Crippen LogP contribution in [0.2, 0.25) is 5.15 Å². The first-order valence-corrected chi connectivity index (χ1v) is 9.54. The van der Waals surface area contributed by atoms with Gasteiger partial charge in [-0.15, -0.1) is 0 Å². The first-order chi connectivity index (χ1) is 13.9. The Morgan fingerprint density at radius 2 is 2.07 bits per heavy atom. The number of rotatable bonds is 5. The number of carbonyl (C=O) groups excluding carboxylic acids is 1. The van der Waals surface area contributed by atoms with Crippen molar-refractivity contribution in [3.05, 3.63) is 70.5 Å². The molecule has 2 aromatic rings. The zero-order valence-electron chi connectivity index (χ0n) is 16.0. The van der Waals surface area contributed by atoms with E-state index in [1.54, 1.807) is 12.2 Å². The number of benzene rings is 1. The Bertz CT molecular complexity index is 919. The molecule has 152 valence electrons. The first kappa shape index (κ1) is 20.7. The van der Waals surface area contributed by atoms with E-state index in [9.17, 15) is 14.7 Å². The molecule has 2 N–H and O–H groups in total. The number of hydrogen-bond acceptors (Lipinski definition) is 4. The van der Waals surface area contributed by atoms with Crippen LogP contribution in [0.25, 0.3) is 6.08 Å². The molecule has 1 fully saturated rings. The zero-order chi connectivity index (χ0) is 20.9. The molecule has 2 amide bonds. The van der Waals surface area contributed by atoms with Crippen molar-refractivity contribution in [2.24, 2.45) is 0 Å². The van der Waals surface area contributed by atoms with Crippen LogP contribution in [0, 0.1) is 6.92 Å². The molecule has 7 nitrogen and oxygen atoms in total. The fourth-order valence-electron chi connectivity index (χ4n) is 3.15. The number of carbonyl (C=O) groups is 2. The van der Waals surface area contributed by atoms with E-state index in [1.165, 1.54) is 4.90 Å². The van der Waals surface area contributed by atoms with Gasteiger partial charge in [-0.3, -0.25) is 0 Å². The number of halogens is 1. The van der Waals surface area contributed by atoms with Crippen molar-refractivity contribution in [1.29, 1.82) is 0 Å². The van der Waals surface area contributed by atoms with E-state index in [2.05, 4.69) is 10.3 Å². The molecule has 1 aliphatic rings. The number of aromatic nitrogens is 1. The molecule has 8 heteroatoms. The molecular formula is C21H22ClN3O4. The Balaban J connectivity index is 1.74. The Hall–Kier alpha value is -3.06. The summed E-state index contributed by atoms with van der Waals surface area (Å²) in [6, 6.07) is 13.0. The highest BCUT2D eigenvalue weighted by Gasteiger charge is 2.39. The van der Waals surface area contributed by atoms with Gasteiger partial charge < -0.3 is 20.1 Å². The number of nitrogens with zero attached hydrogens (tertiary/aromatic N) is 2. The van der Waals surface area contributed by atoms with Crippen LogP contribution >= 0.6 is 11.6 Å². The van der Waals surface area contributed by atoms with Gasteiger partial charge in [0.25, 0.3) is 0 Å². The zero-order valence-corrected chi connectivity index (χ0v) is 16.7. The molecule has 29 heavy (non-hydrogen) atoms. The van der Waals surface area contributed by atoms with Gasteiger partial charge in [-0.25, -0.2) is 14.6 Å². The molecule has 3 rings (SSSR count). The molecule has 1 saturated heterocycles. The lowest BCUT2D eigenvalue weighted by Crippen LogP contribution is -2.49. The minimum absolute atomic E-state index is 0.121. The summed E-state index contributed by atoms with van der Waals surface area (Å²) in [5.74, 6) is 0. The number of nitrogens with one attached hydrogen (secondary N) is 1. The Kier molecular flexibility index (Phi) is 6.39. The van der Waals surface area contributed by atoms with Crippen molar-refractivity contribution in [3.63, 3.8) is 0 Å². The van der Waals surface area contributed by atoms with Gasteiger partial charge in [0.2, 0.25) is 0 Å². The van der Waals surface area contributed by atoms with Crippen LogP contribution in [0.3, 0.4) is 0 Å². The van der Waals surface area contributed by atoms with Gasteiger partial charge in [0.15, 0.2) is 0 Å². The van der Waals surface area contributed by atoms with Gasteiger partial charge in [-0.1, -0.05) is 60.2 Å². The Morgan fingerprint density at radius 3 is 2.72 bits per heavy atom. The second-order valence-electron chi connectivity index (χ2n) is 6.96. The van der Waals surface area contributed by atoms with Crippen LogP contribution in [0.1, 0.15) is 23.2 Å². The Labute approximate surface area is 174 Å². The topological polar surface area (TPSA) is 91.8 Å². The maximum absolute atomic E-state index is 12.4. The van der Waals surface area contributed by atoms with Gasteiger partial charge in [-0.2, -0.15) is 0 Å². The molecular weight excluding hydrogens is 394 g/mol. The summed E-state index contributed by atoms with van der Waals surface area (Å²) in [7, 11) is 0. The third kappa shape index (κ3) is 5.48. The van der Waals surface area contributed by atoms with E-state index < -0.39 is 17.7 Å². The molecule has 0 aliphatic carbocycles. The monoisotopic (exact) mass is 415 g/mol. The van der Waals surface area contributed by atoms with Crippen LogP contribution in [0.15, 0.2) is 48.5 Å². The molecule has 1 aromatic carbocycles. The van der Waals surface area contributed by atoms with Gasteiger partial charge >= 0.3 is 12.2 Å². The number of ether oxygens (including phenoxy) is 1. The van der Waals surface area contributed by atoms with Crippen molar-refractivity contribution in [3.8, 4) is 0 Å². The third-order valence-corrected chi connectivity index (χ3v) is 5.04. The lowest BCUT2D eigenvalue weighted by atomic mass is 9.97. The summed E-state index contributed by atoms with van der Waals surface area (Å²) < 4.78 is 5.31. The van der Waals surface area contributed by atoms with Gasteiger partial charge in [-0.05, 0) is 25.0 Å². The average molecular weight is 416 g/mol. The molecule has 1 aliphatic heterocycles. The quantitative estimate of drug-likeness (QED) is 0.717. The maximum Gasteiger partial charge on any atom is 0.408 e. The summed E-state index contributed by atoms with van der Waals surface area (Å²) in [6.07, 6.45) is 2.29. The highest BCUT2D eigenvalue weighted by Crippen LogP contribution is 2.26. The molecule has 0 unspecified atom stereocenters. The van der Waals surface area contributed by atoms with Crippen molar-refractivity contribution in [2.75, 3.05) is 13.1 Å². The summed E-state index contributed by atoms with van der Waals surface area (Å²) in [5.41, 5.74) is 1.45. The van der Waals surface area contributed by atoms with Crippen molar-refractivity contribution in [1.82, 2.24) is 15.2 Å². The maximum atomic E-state index is 12.4. The van der Waals surface area contributed by atoms with E-state index in [4.69, 9.17) is 16.3 Å². The highest BCUT2D eigenvalue weighted by atomic mass is 35.5. The van der Waals surface area contributed by atoms with Crippen molar-refractivity contribution < 1.29 is 19.4 Å². The molecule has 0 bridgehead atoms. The van der Waals surface area contributed by atoms with Crippen LogP contribution in [-0.4, -0.2) is 45.8 Å². The van der Waals surface area contributed by atoms with E-state index in [-0.39, 0.29) is 13.2 Å². The number of aryl methyl sites for hydroxylation is 1. The fourth-order valence-corrected chi connectivity index (χ4v) is 3.41. The van der Waals surface area contributed by atoms with Crippen LogP contribution in [0.4, 0.5) is 9.59 Å². The van der Waals surface area contributed by atoms with Gasteiger partial charge in [0.1, 0.15) is 11.8 Å². The lowest BCUT2D eigenvalue weighted by Gasteiger charge is -2.26. The largest absolute Gasteiger partial charge is 0.465 e. The minimum Gasteiger partial charge on any atom is -0.465 e. The second kappa shape index (κ2) is 8.96. The van der Waals surface area contributed by atoms with Crippen molar-refractivity contribution in [2.45, 2.75) is 25.5 Å². The summed E-state index contributed by atoms with van der Waals surface area (Å²) >= 11 is 6.18. The summed E-state index contributed by atoms with van der Waals surface area (Å²) in [6.45, 7) is 2.39. The molecule has 0 spiro atoms. The normalized spacial score (nSPS) is 18.8. The molecule has 1 atom stereocenters. The van der Waals surface area contributed by atoms with Crippen LogP contribution in [0.5, 0.6) is 0 Å². The summed E-state index contributed by atoms with van der Waals surface area (Å²) in [4.78, 5) is 29.3. The fraction of sp³-hybridized carbons (Fsp3) is 0.286. The predicted molar refractivity (Wildman–Crippen MR) is 110 cm³/mol. The predicted octanol–water partition coefficient (Wildman–Crippen LogP) is 4.11. The van der Waals surface area contributed by atoms with Gasteiger partial charge in [0, 0.05) is 17.8 Å². The SMILES string of the molecule is Cc1ccc(/C=C\[C@]2(NC(=O)OCc3ccccc3)CCN(C(=O)O)C2)c(Cl)n1. The molecule has 1 aromatic heterocycles. The average Bonchev–Trinajstić information content (AvgIpc) is 3.11. The standard InChI is InChI=1S/C21H22ClN3O4/c1-15-7-8-17(18(22)23-15)9-10-21(11-12-25(14-21)20(27)28)24-19(26)29-13-16-5-3-2-4-6-16/h2-10H,11-14H2,1H3,(H,24,26)(H,27,28)/b10-9-/t21-/m0/s1. The van der Waals surface area contributed by atoms with Crippen molar-refractivity contribution >= 4 is 29.9 Å². The minimum atomic E-state index is -1.03. The Morgan fingerprint density at radius 1 is 1.31 bits per heavy atom. The lowest BCUT2D eigenvalue weighted by molar-refractivity contribution is 0.128. The first-order valence-electron chi connectivity index (χ1n) is 9.16. The van der Waals surface area contributed by atoms with E-state index in [0.717, 1.165) is 11.3 Å².